The van der Waals surface area contributed by atoms with Crippen LogP contribution in [-0.2, 0) is 26.2 Å². The maximum Gasteiger partial charge on any atom is 0.303 e. The van der Waals surface area contributed by atoms with Crippen LogP contribution in [0.1, 0.15) is 12.0 Å². The van der Waals surface area contributed by atoms with Crippen LogP contribution in [0, 0.1) is 0 Å². The number of ether oxygens (including phenoxy) is 1. The van der Waals surface area contributed by atoms with Crippen LogP contribution in [-0.4, -0.2) is 57.1 Å². The van der Waals surface area contributed by atoms with E-state index < -0.39 is 16.2 Å². The van der Waals surface area contributed by atoms with Gasteiger partial charge in [-0.05, 0) is 24.1 Å². The van der Waals surface area contributed by atoms with Crippen molar-refractivity contribution in [3.63, 3.8) is 0 Å². The third-order valence-corrected chi connectivity index (χ3v) is 5.46. The van der Waals surface area contributed by atoms with Crippen LogP contribution in [0.5, 0.6) is 0 Å². The summed E-state index contributed by atoms with van der Waals surface area (Å²) >= 11 is 0. The standard InChI is InChI=1S/C14H20N2O5S/c1-15(22(19,20)16-7-9-21-10-8-16)13-4-2-3-12(11-13)5-6-14(17)18/h2-4,11H,5-10H2,1H3,(H,17,18). The smallest absolute Gasteiger partial charge is 0.303 e. The highest BCUT2D eigenvalue weighted by Crippen LogP contribution is 2.21. The fourth-order valence-electron chi connectivity index (χ4n) is 2.24. The molecule has 22 heavy (non-hydrogen) atoms. The Morgan fingerprint density at radius 3 is 2.68 bits per heavy atom. The summed E-state index contributed by atoms with van der Waals surface area (Å²) in [5.74, 6) is -0.875. The lowest BCUT2D eigenvalue weighted by Crippen LogP contribution is -2.47. The van der Waals surface area contributed by atoms with Gasteiger partial charge >= 0.3 is 16.2 Å². The molecule has 1 aromatic carbocycles. The van der Waals surface area contributed by atoms with Crippen molar-refractivity contribution in [2.24, 2.45) is 0 Å². The number of carbonyl (C=O) groups is 1. The van der Waals surface area contributed by atoms with Gasteiger partial charge in [0.25, 0.3) is 0 Å². The van der Waals surface area contributed by atoms with Gasteiger partial charge < -0.3 is 9.84 Å². The molecule has 122 valence electrons. The van der Waals surface area contributed by atoms with Crippen molar-refractivity contribution in [1.29, 1.82) is 0 Å². The third-order valence-electron chi connectivity index (χ3n) is 3.54. The average molecular weight is 328 g/mol. The number of carboxylic acid groups (broad SMARTS) is 1. The third kappa shape index (κ3) is 3.96. The molecule has 0 unspecified atom stereocenters. The maximum atomic E-state index is 12.6. The maximum absolute atomic E-state index is 12.6. The number of benzene rings is 1. The van der Waals surface area contributed by atoms with Crippen LogP contribution in [0.3, 0.4) is 0 Å². The fourth-order valence-corrected chi connectivity index (χ4v) is 3.58. The number of hydrogen-bond acceptors (Lipinski definition) is 4. The Balaban J connectivity index is 2.15. The average Bonchev–Trinajstić information content (AvgIpc) is 2.53. The van der Waals surface area contributed by atoms with E-state index in [4.69, 9.17) is 9.84 Å². The van der Waals surface area contributed by atoms with Gasteiger partial charge in [-0.25, -0.2) is 0 Å². The van der Waals surface area contributed by atoms with Gasteiger partial charge in [0, 0.05) is 26.6 Å². The van der Waals surface area contributed by atoms with Crippen LogP contribution in [0.2, 0.25) is 0 Å². The van der Waals surface area contributed by atoms with Crippen molar-refractivity contribution in [2.45, 2.75) is 12.8 Å². The van der Waals surface area contributed by atoms with Crippen molar-refractivity contribution < 1.29 is 23.1 Å². The highest BCUT2D eigenvalue weighted by molar-refractivity contribution is 7.90. The van der Waals surface area contributed by atoms with Gasteiger partial charge in [-0.3, -0.25) is 9.10 Å². The number of aliphatic carboxylic acids is 1. The molecule has 1 aromatic rings. The van der Waals surface area contributed by atoms with E-state index in [9.17, 15) is 13.2 Å². The van der Waals surface area contributed by atoms with E-state index in [1.807, 2.05) is 0 Å². The summed E-state index contributed by atoms with van der Waals surface area (Å²) in [6, 6.07) is 6.93. The lowest BCUT2D eigenvalue weighted by molar-refractivity contribution is -0.136. The molecule has 0 saturated carbocycles. The molecule has 8 heteroatoms. The molecule has 0 radical (unpaired) electrons. The monoisotopic (exact) mass is 328 g/mol. The number of rotatable bonds is 6. The summed E-state index contributed by atoms with van der Waals surface area (Å²) in [6.45, 7) is 1.47. The Bertz CT molecular complexity index is 626. The molecule has 2 rings (SSSR count). The van der Waals surface area contributed by atoms with Gasteiger partial charge in [0.1, 0.15) is 0 Å². The first-order valence-corrected chi connectivity index (χ1v) is 8.43. The first-order valence-electron chi connectivity index (χ1n) is 7.04. The van der Waals surface area contributed by atoms with Crippen LogP contribution < -0.4 is 4.31 Å². The summed E-state index contributed by atoms with van der Waals surface area (Å²) in [4.78, 5) is 10.6. The molecule has 0 amide bonds. The molecule has 0 bridgehead atoms. The predicted molar refractivity (Wildman–Crippen MR) is 82.1 cm³/mol. The zero-order chi connectivity index (χ0) is 16.2. The lowest BCUT2D eigenvalue weighted by atomic mass is 10.1. The molecule has 0 aliphatic carbocycles. The molecule has 1 aliphatic heterocycles. The molecule has 1 aliphatic rings. The molecule has 1 fully saturated rings. The summed E-state index contributed by atoms with van der Waals surface area (Å²) < 4.78 is 32.9. The minimum Gasteiger partial charge on any atom is -0.481 e. The topological polar surface area (TPSA) is 87.2 Å². The van der Waals surface area contributed by atoms with Crippen LogP contribution in [0.15, 0.2) is 24.3 Å². The van der Waals surface area contributed by atoms with Gasteiger partial charge in [0.15, 0.2) is 0 Å². The number of hydrogen-bond donors (Lipinski definition) is 1. The van der Waals surface area contributed by atoms with Crippen molar-refractivity contribution in [2.75, 3.05) is 37.7 Å². The van der Waals surface area contributed by atoms with Gasteiger partial charge in [-0.15, -0.1) is 0 Å². The van der Waals surface area contributed by atoms with Crippen molar-refractivity contribution in [3.05, 3.63) is 29.8 Å². The number of aryl methyl sites for hydroxylation is 1. The molecular weight excluding hydrogens is 308 g/mol. The summed E-state index contributed by atoms with van der Waals surface area (Å²) in [5.41, 5.74) is 1.32. The summed E-state index contributed by atoms with van der Waals surface area (Å²) in [6.07, 6.45) is 0.387. The highest BCUT2D eigenvalue weighted by Gasteiger charge is 2.28. The van der Waals surface area contributed by atoms with E-state index in [2.05, 4.69) is 0 Å². The zero-order valence-corrected chi connectivity index (χ0v) is 13.3. The first kappa shape index (κ1) is 16.7. The Hall–Kier alpha value is -1.64. The molecular formula is C14H20N2O5S. The quantitative estimate of drug-likeness (QED) is 0.831. The Kier molecular flexibility index (Phi) is 5.38. The summed E-state index contributed by atoms with van der Waals surface area (Å²) in [5, 5.41) is 8.73. The molecule has 0 aromatic heterocycles. The molecule has 1 heterocycles. The van der Waals surface area contributed by atoms with Crippen LogP contribution >= 0.6 is 0 Å². The van der Waals surface area contributed by atoms with E-state index in [1.54, 1.807) is 24.3 Å². The van der Waals surface area contributed by atoms with Crippen molar-refractivity contribution >= 4 is 21.9 Å². The van der Waals surface area contributed by atoms with E-state index >= 15 is 0 Å². The van der Waals surface area contributed by atoms with Gasteiger partial charge in [0.2, 0.25) is 0 Å². The molecule has 0 atom stereocenters. The fraction of sp³-hybridized carbons (Fsp3) is 0.500. The minimum atomic E-state index is -3.59. The number of anilines is 1. The zero-order valence-electron chi connectivity index (χ0n) is 12.4. The van der Waals surface area contributed by atoms with Crippen LogP contribution in [0.25, 0.3) is 0 Å². The normalized spacial score (nSPS) is 16.4. The Morgan fingerprint density at radius 1 is 1.36 bits per heavy atom. The predicted octanol–water partition coefficient (Wildman–Crippen LogP) is 0.717. The largest absolute Gasteiger partial charge is 0.481 e. The van der Waals surface area contributed by atoms with E-state index in [1.165, 1.54) is 15.7 Å². The Morgan fingerprint density at radius 2 is 2.05 bits per heavy atom. The number of morpholine rings is 1. The second-order valence-electron chi connectivity index (χ2n) is 5.05. The van der Waals surface area contributed by atoms with Crippen molar-refractivity contribution in [3.8, 4) is 0 Å². The second-order valence-corrected chi connectivity index (χ2v) is 7.01. The van der Waals surface area contributed by atoms with Gasteiger partial charge in [-0.2, -0.15) is 12.7 Å². The van der Waals surface area contributed by atoms with E-state index in [-0.39, 0.29) is 6.42 Å². The molecule has 1 saturated heterocycles. The SMILES string of the molecule is CN(c1cccc(CCC(=O)O)c1)S(=O)(=O)N1CCOCC1. The molecule has 0 spiro atoms. The molecule has 7 nitrogen and oxygen atoms in total. The second kappa shape index (κ2) is 7.08. The highest BCUT2D eigenvalue weighted by atomic mass is 32.2. The minimum absolute atomic E-state index is 0.0172. The number of nitrogens with zero attached hydrogens (tertiary/aromatic N) is 2. The number of carboxylic acids is 1. The summed E-state index contributed by atoms with van der Waals surface area (Å²) in [7, 11) is -2.09. The van der Waals surface area contributed by atoms with E-state index in [0.717, 1.165) is 5.56 Å². The van der Waals surface area contributed by atoms with Gasteiger partial charge in [0.05, 0.1) is 18.9 Å². The Labute approximate surface area is 130 Å². The van der Waals surface area contributed by atoms with Crippen molar-refractivity contribution in [1.82, 2.24) is 4.31 Å². The first-order chi connectivity index (χ1) is 10.4. The lowest BCUT2D eigenvalue weighted by Gasteiger charge is -2.31. The van der Waals surface area contributed by atoms with Crippen LogP contribution in [0.4, 0.5) is 5.69 Å². The molecule has 1 N–H and O–H groups in total. The van der Waals surface area contributed by atoms with Gasteiger partial charge in [-0.1, -0.05) is 12.1 Å². The van der Waals surface area contributed by atoms with E-state index in [0.29, 0.717) is 38.4 Å².